The molecule has 0 saturated heterocycles. The molecule has 0 bridgehead atoms. The first-order chi connectivity index (χ1) is 9.78. The zero-order valence-electron chi connectivity index (χ0n) is 11.2. The van der Waals surface area contributed by atoms with Crippen molar-refractivity contribution in [2.75, 3.05) is 5.43 Å². The lowest BCUT2D eigenvalue weighted by Crippen LogP contribution is -2.18. The van der Waals surface area contributed by atoms with E-state index in [2.05, 4.69) is 10.4 Å². The van der Waals surface area contributed by atoms with E-state index in [-0.39, 0.29) is 0 Å². The van der Waals surface area contributed by atoms with Crippen LogP contribution < -0.4 is 11.3 Å². The zero-order chi connectivity index (χ0) is 13.9. The predicted octanol–water partition coefficient (Wildman–Crippen LogP) is 2.89. The number of hydrazine groups is 1. The topological polar surface area (TPSA) is 63.8 Å². The summed E-state index contributed by atoms with van der Waals surface area (Å²) in [5.74, 6) is 7.13. The summed E-state index contributed by atoms with van der Waals surface area (Å²) in [5.41, 5.74) is 6.04. The maximum atomic E-state index is 6.20. The monoisotopic (exact) mass is 288 g/mol. The van der Waals surface area contributed by atoms with Gasteiger partial charge in [-0.3, -0.25) is 0 Å². The van der Waals surface area contributed by atoms with Crippen LogP contribution in [-0.4, -0.2) is 9.97 Å². The van der Waals surface area contributed by atoms with Gasteiger partial charge in [0.15, 0.2) is 0 Å². The summed E-state index contributed by atoms with van der Waals surface area (Å²) in [6.07, 6.45) is 4.99. The van der Waals surface area contributed by atoms with Crippen molar-refractivity contribution in [3.8, 4) is 0 Å². The molecular weight excluding hydrogens is 272 g/mol. The number of aromatic nitrogens is 2. The van der Waals surface area contributed by atoms with Crippen molar-refractivity contribution < 1.29 is 0 Å². The van der Waals surface area contributed by atoms with E-state index in [0.29, 0.717) is 6.42 Å². The van der Waals surface area contributed by atoms with Crippen LogP contribution in [0.15, 0.2) is 24.3 Å². The number of nitrogen functional groups attached to an aromatic ring is 1. The van der Waals surface area contributed by atoms with Crippen molar-refractivity contribution in [3.05, 3.63) is 51.9 Å². The first-order valence-electron chi connectivity index (χ1n) is 6.86. The number of halogens is 1. The van der Waals surface area contributed by atoms with Crippen molar-refractivity contribution in [1.82, 2.24) is 9.97 Å². The average molecular weight is 289 g/mol. The van der Waals surface area contributed by atoms with Crippen LogP contribution in [-0.2, 0) is 19.3 Å². The van der Waals surface area contributed by atoms with Crippen LogP contribution in [0.25, 0.3) is 0 Å². The summed E-state index contributed by atoms with van der Waals surface area (Å²) in [6, 6.07) is 7.78. The Morgan fingerprint density at radius 1 is 1.15 bits per heavy atom. The van der Waals surface area contributed by atoms with Crippen LogP contribution in [0.5, 0.6) is 0 Å². The van der Waals surface area contributed by atoms with Gasteiger partial charge >= 0.3 is 0 Å². The number of hydrogen-bond donors (Lipinski definition) is 2. The van der Waals surface area contributed by atoms with E-state index < -0.39 is 0 Å². The third kappa shape index (κ3) is 2.62. The van der Waals surface area contributed by atoms with Crippen LogP contribution in [0.2, 0.25) is 5.02 Å². The molecular formula is C15H17ClN4. The van der Waals surface area contributed by atoms with Gasteiger partial charge in [-0.05, 0) is 37.3 Å². The van der Waals surface area contributed by atoms with Crippen LogP contribution >= 0.6 is 11.6 Å². The van der Waals surface area contributed by atoms with Gasteiger partial charge in [0, 0.05) is 22.7 Å². The number of aryl methyl sites for hydroxylation is 1. The Morgan fingerprint density at radius 2 is 1.95 bits per heavy atom. The maximum absolute atomic E-state index is 6.20. The highest BCUT2D eigenvalue weighted by Gasteiger charge is 2.17. The normalized spacial score (nSPS) is 13.9. The fourth-order valence-corrected chi connectivity index (χ4v) is 2.86. The molecule has 0 radical (unpaired) electrons. The van der Waals surface area contributed by atoms with Crippen LogP contribution in [0.3, 0.4) is 0 Å². The number of hydrogen-bond acceptors (Lipinski definition) is 4. The number of nitrogens with one attached hydrogen (secondary N) is 1. The second-order valence-electron chi connectivity index (χ2n) is 5.03. The smallest absolute Gasteiger partial charge is 0.147 e. The Labute approximate surface area is 123 Å². The highest BCUT2D eigenvalue weighted by molar-refractivity contribution is 6.31. The molecule has 5 heteroatoms. The molecule has 0 unspecified atom stereocenters. The quantitative estimate of drug-likeness (QED) is 0.673. The first-order valence-corrected chi connectivity index (χ1v) is 7.24. The van der Waals surface area contributed by atoms with Gasteiger partial charge in [-0.15, -0.1) is 0 Å². The summed E-state index contributed by atoms with van der Waals surface area (Å²) < 4.78 is 0. The summed E-state index contributed by atoms with van der Waals surface area (Å²) >= 11 is 6.20. The van der Waals surface area contributed by atoms with Gasteiger partial charge in [-0.2, -0.15) is 0 Å². The maximum Gasteiger partial charge on any atom is 0.147 e. The summed E-state index contributed by atoms with van der Waals surface area (Å²) in [6.45, 7) is 0. The highest BCUT2D eigenvalue weighted by atomic mass is 35.5. The summed E-state index contributed by atoms with van der Waals surface area (Å²) in [5, 5.41) is 0.746. The SMILES string of the molecule is NNc1nc(Cc2ccccc2Cl)nc2c1CCCC2. The van der Waals surface area contributed by atoms with E-state index in [1.165, 1.54) is 18.4 Å². The van der Waals surface area contributed by atoms with Gasteiger partial charge in [-0.25, -0.2) is 15.8 Å². The lowest BCUT2D eigenvalue weighted by Gasteiger charge is -2.18. The summed E-state index contributed by atoms with van der Waals surface area (Å²) in [7, 11) is 0. The third-order valence-corrected chi connectivity index (χ3v) is 4.04. The van der Waals surface area contributed by atoms with Crippen molar-refractivity contribution in [2.45, 2.75) is 32.1 Å². The molecule has 3 N–H and O–H groups in total. The number of nitrogens with two attached hydrogens (primary N) is 1. The molecule has 0 aliphatic heterocycles. The Kier molecular flexibility index (Phi) is 3.85. The van der Waals surface area contributed by atoms with E-state index in [9.17, 15) is 0 Å². The standard InChI is InChI=1S/C15H17ClN4/c16-12-7-3-1-5-10(12)9-14-18-13-8-4-2-6-11(13)15(19-14)20-17/h1,3,5,7H,2,4,6,8-9,17H2,(H,18,19,20). The Morgan fingerprint density at radius 3 is 2.75 bits per heavy atom. The highest BCUT2D eigenvalue weighted by Crippen LogP contribution is 2.26. The molecule has 4 nitrogen and oxygen atoms in total. The van der Waals surface area contributed by atoms with E-state index >= 15 is 0 Å². The molecule has 1 aliphatic carbocycles. The molecule has 0 atom stereocenters. The lowest BCUT2D eigenvalue weighted by molar-refractivity contribution is 0.657. The summed E-state index contributed by atoms with van der Waals surface area (Å²) in [4.78, 5) is 9.23. The Balaban J connectivity index is 1.96. The van der Waals surface area contributed by atoms with Gasteiger partial charge in [0.2, 0.25) is 0 Å². The number of rotatable bonds is 3. The predicted molar refractivity (Wildman–Crippen MR) is 80.7 cm³/mol. The molecule has 0 saturated carbocycles. The number of benzene rings is 1. The van der Waals surface area contributed by atoms with E-state index in [4.69, 9.17) is 22.4 Å². The number of anilines is 1. The van der Waals surface area contributed by atoms with Crippen LogP contribution in [0.4, 0.5) is 5.82 Å². The van der Waals surface area contributed by atoms with E-state index in [1.54, 1.807) is 0 Å². The Bertz CT molecular complexity index is 610. The van der Waals surface area contributed by atoms with Crippen molar-refractivity contribution in [3.63, 3.8) is 0 Å². The molecule has 2 aromatic rings. The average Bonchev–Trinajstić information content (AvgIpc) is 2.49. The molecule has 3 rings (SSSR count). The van der Waals surface area contributed by atoms with Gasteiger partial charge in [0.1, 0.15) is 11.6 Å². The number of nitrogens with zero attached hydrogens (tertiary/aromatic N) is 2. The fourth-order valence-electron chi connectivity index (χ4n) is 2.66. The zero-order valence-corrected chi connectivity index (χ0v) is 12.0. The second-order valence-corrected chi connectivity index (χ2v) is 5.44. The van der Waals surface area contributed by atoms with Crippen LogP contribution in [0, 0.1) is 0 Å². The second kappa shape index (κ2) is 5.77. The van der Waals surface area contributed by atoms with Crippen molar-refractivity contribution in [2.24, 2.45) is 5.84 Å². The molecule has 0 fully saturated rings. The minimum atomic E-state index is 0.627. The van der Waals surface area contributed by atoms with E-state index in [0.717, 1.165) is 40.8 Å². The lowest BCUT2D eigenvalue weighted by atomic mass is 9.96. The number of fused-ring (bicyclic) bond motifs is 1. The van der Waals surface area contributed by atoms with Gasteiger partial charge in [0.05, 0.1) is 0 Å². The molecule has 1 heterocycles. The van der Waals surface area contributed by atoms with Crippen molar-refractivity contribution >= 4 is 17.4 Å². The van der Waals surface area contributed by atoms with Crippen molar-refractivity contribution in [1.29, 1.82) is 0 Å². The molecule has 104 valence electrons. The van der Waals surface area contributed by atoms with Gasteiger partial charge in [0.25, 0.3) is 0 Å². The van der Waals surface area contributed by atoms with Gasteiger partial charge in [-0.1, -0.05) is 29.8 Å². The fraction of sp³-hybridized carbons (Fsp3) is 0.333. The Hall–Kier alpha value is -1.65. The minimum Gasteiger partial charge on any atom is -0.308 e. The minimum absolute atomic E-state index is 0.627. The molecule has 20 heavy (non-hydrogen) atoms. The van der Waals surface area contributed by atoms with E-state index in [1.807, 2.05) is 24.3 Å². The third-order valence-electron chi connectivity index (χ3n) is 3.67. The molecule has 0 amide bonds. The largest absolute Gasteiger partial charge is 0.308 e. The first kappa shape index (κ1) is 13.3. The molecule has 1 aromatic heterocycles. The van der Waals surface area contributed by atoms with Crippen LogP contribution in [0.1, 0.15) is 35.5 Å². The molecule has 0 spiro atoms. The van der Waals surface area contributed by atoms with Gasteiger partial charge < -0.3 is 5.43 Å². The molecule has 1 aromatic carbocycles. The molecule has 1 aliphatic rings.